The Kier molecular flexibility index (Phi) is 4.09. The van der Waals surface area contributed by atoms with Crippen LogP contribution in [0, 0.1) is 0 Å². The van der Waals surface area contributed by atoms with Crippen LogP contribution in [0.2, 0.25) is 0 Å². The maximum absolute atomic E-state index is 11.4. The molecule has 0 aliphatic rings. The van der Waals surface area contributed by atoms with Gasteiger partial charge in [-0.3, -0.25) is 0 Å². The summed E-state index contributed by atoms with van der Waals surface area (Å²) >= 11 is 7.05. The van der Waals surface area contributed by atoms with Gasteiger partial charge in [0, 0.05) is 5.75 Å². The van der Waals surface area contributed by atoms with Gasteiger partial charge in [0.1, 0.15) is 0 Å². The molecule has 0 aromatic carbocycles. The largest absolute Gasteiger partial charge is 0.490 e. The molecule has 0 aliphatic carbocycles. The van der Waals surface area contributed by atoms with Crippen LogP contribution in [0.4, 0.5) is 13.2 Å². The zero-order valence-electron chi connectivity index (χ0n) is 5.13. The van der Waals surface area contributed by atoms with Crippen molar-refractivity contribution in [2.75, 3.05) is 5.75 Å². The summed E-state index contributed by atoms with van der Waals surface area (Å²) in [5, 5.41) is 0. The van der Waals surface area contributed by atoms with Gasteiger partial charge >= 0.3 is 12.1 Å². The number of alkyl halides is 3. The van der Waals surface area contributed by atoms with E-state index in [0.717, 1.165) is 0 Å². The maximum atomic E-state index is 11.4. The van der Waals surface area contributed by atoms with Crippen LogP contribution in [-0.2, 0) is 9.53 Å². The highest BCUT2D eigenvalue weighted by atomic mass is 32.1. The first-order valence-electron chi connectivity index (χ1n) is 2.44. The van der Waals surface area contributed by atoms with Gasteiger partial charge in [-0.05, 0) is 0 Å². The van der Waals surface area contributed by atoms with E-state index in [1.807, 2.05) is 0 Å². The molecule has 0 heterocycles. The molecule has 0 N–H and O–H groups in total. The van der Waals surface area contributed by atoms with Gasteiger partial charge in [-0.2, -0.15) is 25.8 Å². The summed E-state index contributed by atoms with van der Waals surface area (Å²) in [6, 6.07) is 0. The summed E-state index contributed by atoms with van der Waals surface area (Å²) in [6.45, 7) is 0. The fourth-order valence-electron chi connectivity index (χ4n) is 0.228. The van der Waals surface area contributed by atoms with Gasteiger partial charge < -0.3 is 4.74 Å². The first kappa shape index (κ1) is 11.0. The van der Waals surface area contributed by atoms with Crippen LogP contribution in [0.15, 0.2) is 0 Å². The highest BCUT2D eigenvalue weighted by molar-refractivity contribution is 7.84. The van der Waals surface area contributed by atoms with Crippen molar-refractivity contribution in [1.29, 1.82) is 0 Å². The molecule has 66 valence electrons. The van der Waals surface area contributed by atoms with Crippen LogP contribution in [0.25, 0.3) is 0 Å². The molecule has 1 atom stereocenters. The third-order valence-electron chi connectivity index (χ3n) is 0.631. The second-order valence-corrected chi connectivity index (χ2v) is 2.48. The number of thiol groups is 2. The summed E-state index contributed by atoms with van der Waals surface area (Å²) < 4.78 is 38.0. The smallest absolute Gasteiger partial charge is 0.444 e. The van der Waals surface area contributed by atoms with Gasteiger partial charge in [0.15, 0.2) is 5.44 Å². The summed E-state index contributed by atoms with van der Waals surface area (Å²) in [6.07, 6.45) is -4.95. The lowest BCUT2D eigenvalue weighted by molar-refractivity contribution is -0.200. The molecule has 2 nitrogen and oxygen atoms in total. The number of carbonyl (C=O) groups excluding carboxylic acids is 1. The zero-order chi connectivity index (χ0) is 9.07. The summed E-state index contributed by atoms with van der Waals surface area (Å²) in [4.78, 5) is 10.0. The molecule has 0 saturated carbocycles. The second-order valence-electron chi connectivity index (χ2n) is 1.54. The predicted molar refractivity (Wildman–Crippen MR) is 38.8 cm³/mol. The van der Waals surface area contributed by atoms with Crippen molar-refractivity contribution in [1.82, 2.24) is 0 Å². The topological polar surface area (TPSA) is 26.3 Å². The Morgan fingerprint density at radius 3 is 2.27 bits per heavy atom. The monoisotopic (exact) mass is 206 g/mol. The van der Waals surface area contributed by atoms with Gasteiger partial charge in [0.2, 0.25) is 0 Å². The molecule has 0 aromatic heterocycles. The number of esters is 1. The minimum atomic E-state index is -4.95. The lowest BCUT2D eigenvalue weighted by Crippen LogP contribution is -2.28. The zero-order valence-corrected chi connectivity index (χ0v) is 6.92. The van der Waals surface area contributed by atoms with Crippen molar-refractivity contribution in [2.45, 2.75) is 11.6 Å². The number of halogens is 3. The van der Waals surface area contributed by atoms with Crippen molar-refractivity contribution < 1.29 is 22.7 Å². The highest BCUT2D eigenvalue weighted by Crippen LogP contribution is 2.18. The predicted octanol–water partition coefficient (Wildman–Crippen LogP) is 1.28. The average Bonchev–Trinajstić information content (AvgIpc) is 1.85. The van der Waals surface area contributed by atoms with Crippen LogP contribution in [0.3, 0.4) is 0 Å². The Labute approximate surface area is 71.9 Å². The molecule has 0 aliphatic heterocycles. The fourth-order valence-corrected chi connectivity index (χ4v) is 0.398. The summed E-state index contributed by atoms with van der Waals surface area (Å²) in [5.74, 6) is -2.31. The Morgan fingerprint density at radius 2 is 2.00 bits per heavy atom. The van der Waals surface area contributed by atoms with E-state index in [-0.39, 0.29) is 5.75 Å². The number of hydrogen-bond acceptors (Lipinski definition) is 4. The molecule has 0 fully saturated rings. The third kappa shape index (κ3) is 4.41. The molecule has 0 amide bonds. The third-order valence-corrected chi connectivity index (χ3v) is 1.54. The lowest BCUT2D eigenvalue weighted by atomic mass is 10.6. The molecule has 0 saturated heterocycles. The first-order chi connectivity index (χ1) is 4.88. The van der Waals surface area contributed by atoms with E-state index in [4.69, 9.17) is 0 Å². The Hall–Kier alpha value is -0.0400. The van der Waals surface area contributed by atoms with Crippen molar-refractivity contribution in [3.8, 4) is 0 Å². The second kappa shape index (κ2) is 4.10. The molecule has 1 unspecified atom stereocenters. The SMILES string of the molecule is O=C(OC(S)CS)C(F)(F)F. The standard InChI is InChI=1S/C4H5F3O2S2/c5-4(6,7)3(8)9-2(11)1-10/h2,10-11H,1H2. The van der Waals surface area contributed by atoms with Crippen molar-refractivity contribution in [3.63, 3.8) is 0 Å². The molecular weight excluding hydrogens is 201 g/mol. The average molecular weight is 206 g/mol. The molecule has 0 bridgehead atoms. The van der Waals surface area contributed by atoms with Crippen LogP contribution in [-0.4, -0.2) is 23.3 Å². The Balaban J connectivity index is 3.88. The number of hydrogen-bond donors (Lipinski definition) is 2. The number of rotatable bonds is 2. The van der Waals surface area contributed by atoms with Gasteiger partial charge in [0.05, 0.1) is 0 Å². The minimum Gasteiger partial charge on any atom is -0.444 e. The van der Waals surface area contributed by atoms with E-state index in [0.29, 0.717) is 0 Å². The van der Waals surface area contributed by atoms with Crippen LogP contribution in [0.5, 0.6) is 0 Å². The van der Waals surface area contributed by atoms with Gasteiger partial charge in [0.25, 0.3) is 0 Å². The van der Waals surface area contributed by atoms with Gasteiger partial charge in [-0.1, -0.05) is 0 Å². The Bertz CT molecular complexity index is 147. The molecule has 7 heteroatoms. The first-order valence-corrected chi connectivity index (χ1v) is 3.59. The molecule has 0 spiro atoms. The molecule has 0 rings (SSSR count). The van der Waals surface area contributed by atoms with Crippen LogP contribution < -0.4 is 0 Å². The summed E-state index contributed by atoms with van der Waals surface area (Å²) in [7, 11) is 0. The molecular formula is C4H5F3O2S2. The molecule has 0 aromatic rings. The van der Waals surface area contributed by atoms with E-state index >= 15 is 0 Å². The van der Waals surface area contributed by atoms with E-state index < -0.39 is 17.6 Å². The lowest BCUT2D eigenvalue weighted by Gasteiger charge is -2.10. The number of carbonyl (C=O) groups is 1. The number of ether oxygens (including phenoxy) is 1. The van der Waals surface area contributed by atoms with Gasteiger partial charge in [-0.15, -0.1) is 12.6 Å². The molecule has 0 radical (unpaired) electrons. The quantitative estimate of drug-likeness (QED) is 0.404. The van der Waals surface area contributed by atoms with Crippen molar-refractivity contribution in [2.24, 2.45) is 0 Å². The molecule has 11 heavy (non-hydrogen) atoms. The van der Waals surface area contributed by atoms with E-state index in [1.165, 1.54) is 0 Å². The Morgan fingerprint density at radius 1 is 1.55 bits per heavy atom. The van der Waals surface area contributed by atoms with E-state index in [1.54, 1.807) is 0 Å². The van der Waals surface area contributed by atoms with E-state index in [2.05, 4.69) is 30.0 Å². The van der Waals surface area contributed by atoms with Gasteiger partial charge in [-0.25, -0.2) is 4.79 Å². The highest BCUT2D eigenvalue weighted by Gasteiger charge is 2.41. The maximum Gasteiger partial charge on any atom is 0.490 e. The normalized spacial score (nSPS) is 14.3. The van der Waals surface area contributed by atoms with Crippen molar-refractivity contribution >= 4 is 31.2 Å². The van der Waals surface area contributed by atoms with Crippen molar-refractivity contribution in [3.05, 3.63) is 0 Å². The minimum absolute atomic E-state index is 0.0646. The fraction of sp³-hybridized carbons (Fsp3) is 0.750. The summed E-state index contributed by atoms with van der Waals surface area (Å²) in [5.41, 5.74) is -1.12. The van der Waals surface area contributed by atoms with Crippen LogP contribution >= 0.6 is 25.3 Å². The van der Waals surface area contributed by atoms with Crippen LogP contribution in [0.1, 0.15) is 0 Å². The van der Waals surface area contributed by atoms with E-state index in [9.17, 15) is 18.0 Å².